The lowest BCUT2D eigenvalue weighted by Gasteiger charge is -2.11. The number of halogens is 2. The van der Waals surface area contributed by atoms with Crippen LogP contribution in [-0.4, -0.2) is 28.5 Å². The second kappa shape index (κ2) is 8.98. The van der Waals surface area contributed by atoms with Gasteiger partial charge in [-0.2, -0.15) is 0 Å². The van der Waals surface area contributed by atoms with Gasteiger partial charge in [-0.3, -0.25) is 4.79 Å². The largest absolute Gasteiger partial charge is 0.497 e. The molecule has 0 fully saturated rings. The number of para-hydroxylation sites is 1. The molecule has 0 spiro atoms. The van der Waals surface area contributed by atoms with Gasteiger partial charge in [0.2, 0.25) is 11.0 Å². The summed E-state index contributed by atoms with van der Waals surface area (Å²) < 4.78 is 33.0. The summed E-state index contributed by atoms with van der Waals surface area (Å²) in [4.78, 5) is 12.2. The Bertz CT molecular complexity index is 946. The van der Waals surface area contributed by atoms with Gasteiger partial charge in [0.25, 0.3) is 0 Å². The van der Waals surface area contributed by atoms with E-state index in [1.165, 1.54) is 17.4 Å². The van der Waals surface area contributed by atoms with E-state index in [9.17, 15) is 13.6 Å². The lowest BCUT2D eigenvalue weighted by atomic mass is 10.3. The number of rotatable bonds is 7. The number of amides is 1. The number of nitrogens with zero attached hydrogens (tertiary/aromatic N) is 2. The molecule has 2 N–H and O–H groups in total. The summed E-state index contributed by atoms with van der Waals surface area (Å²) in [5.41, 5.74) is 0.355. The minimum absolute atomic E-state index is 0.459. The third-order valence-electron chi connectivity index (χ3n) is 3.61. The lowest BCUT2D eigenvalue weighted by Crippen LogP contribution is -2.23. The molecular weight excluding hydrogens is 406 g/mol. The number of carbonyl (C=O) groups is 1. The first-order valence-corrected chi connectivity index (χ1v) is 9.82. The Morgan fingerprint density at radius 2 is 1.82 bits per heavy atom. The average molecular weight is 422 g/mol. The van der Waals surface area contributed by atoms with E-state index in [0.717, 1.165) is 35.3 Å². The van der Waals surface area contributed by atoms with Crippen molar-refractivity contribution in [2.45, 2.75) is 16.5 Å². The molecule has 6 nitrogen and oxygen atoms in total. The molecule has 1 heterocycles. The summed E-state index contributed by atoms with van der Waals surface area (Å²) in [7, 11) is 1.59. The number of hydrogen-bond acceptors (Lipinski definition) is 7. The van der Waals surface area contributed by atoms with Crippen LogP contribution in [-0.2, 0) is 4.79 Å². The molecule has 1 atom stereocenters. The first-order chi connectivity index (χ1) is 13.5. The van der Waals surface area contributed by atoms with Gasteiger partial charge in [-0.25, -0.2) is 8.78 Å². The van der Waals surface area contributed by atoms with Crippen molar-refractivity contribution < 1.29 is 18.3 Å². The second-order valence-corrected chi connectivity index (χ2v) is 8.14. The molecular formula is C18H16F2N4O2S2. The van der Waals surface area contributed by atoms with E-state index < -0.39 is 28.5 Å². The first kappa shape index (κ1) is 20.0. The van der Waals surface area contributed by atoms with Gasteiger partial charge >= 0.3 is 0 Å². The van der Waals surface area contributed by atoms with E-state index in [0.29, 0.717) is 9.47 Å². The predicted octanol–water partition coefficient (Wildman–Crippen LogP) is 4.69. The standard InChI is InChI=1S/C18H16F2N4O2S2/c1-10(16(25)22-15-13(19)4-3-5-14(15)20)27-18-24-23-17(28-18)21-11-6-8-12(26-2)9-7-11/h3-10H,1-2H3,(H,21,23)(H,22,25). The average Bonchev–Trinajstić information content (AvgIpc) is 3.12. The van der Waals surface area contributed by atoms with E-state index >= 15 is 0 Å². The van der Waals surface area contributed by atoms with Crippen molar-refractivity contribution in [1.29, 1.82) is 0 Å². The Balaban J connectivity index is 1.59. The zero-order valence-corrected chi connectivity index (χ0v) is 16.5. The van der Waals surface area contributed by atoms with Gasteiger partial charge in [0.1, 0.15) is 23.1 Å². The number of aromatic nitrogens is 2. The Hall–Kier alpha value is -2.72. The van der Waals surface area contributed by atoms with Crippen LogP contribution in [0.5, 0.6) is 5.75 Å². The van der Waals surface area contributed by atoms with E-state index in [4.69, 9.17) is 4.74 Å². The SMILES string of the molecule is COc1ccc(Nc2nnc(SC(C)C(=O)Nc3c(F)cccc3F)s2)cc1. The molecule has 0 aliphatic heterocycles. The monoisotopic (exact) mass is 422 g/mol. The molecule has 0 aliphatic rings. The molecule has 0 bridgehead atoms. The van der Waals surface area contributed by atoms with Crippen LogP contribution in [0.3, 0.4) is 0 Å². The van der Waals surface area contributed by atoms with Crippen molar-refractivity contribution in [2.24, 2.45) is 0 Å². The van der Waals surface area contributed by atoms with Crippen LogP contribution in [0.4, 0.5) is 25.3 Å². The van der Waals surface area contributed by atoms with Crippen LogP contribution >= 0.6 is 23.1 Å². The number of nitrogens with one attached hydrogen (secondary N) is 2. The third-order valence-corrected chi connectivity index (χ3v) is 5.63. The minimum atomic E-state index is -0.826. The second-order valence-electron chi connectivity index (χ2n) is 5.57. The number of ether oxygens (including phenoxy) is 1. The number of methoxy groups -OCH3 is 1. The Labute approximate surface area is 168 Å². The number of benzene rings is 2. The van der Waals surface area contributed by atoms with Gasteiger partial charge in [-0.15, -0.1) is 10.2 Å². The molecule has 0 aliphatic carbocycles. The zero-order chi connectivity index (χ0) is 20.1. The fraction of sp³-hybridized carbons (Fsp3) is 0.167. The van der Waals surface area contributed by atoms with Gasteiger partial charge < -0.3 is 15.4 Å². The highest BCUT2D eigenvalue weighted by Gasteiger charge is 2.20. The van der Waals surface area contributed by atoms with Crippen molar-refractivity contribution in [3.05, 3.63) is 54.1 Å². The number of carbonyl (C=O) groups excluding carboxylic acids is 1. The van der Waals surface area contributed by atoms with Gasteiger partial charge in [0.15, 0.2) is 4.34 Å². The normalized spacial score (nSPS) is 11.7. The topological polar surface area (TPSA) is 76.1 Å². The first-order valence-electron chi connectivity index (χ1n) is 8.12. The summed E-state index contributed by atoms with van der Waals surface area (Å²) in [6, 6.07) is 10.7. The molecule has 1 amide bonds. The Morgan fingerprint density at radius 1 is 1.14 bits per heavy atom. The fourth-order valence-corrected chi connectivity index (χ4v) is 4.07. The van der Waals surface area contributed by atoms with Crippen molar-refractivity contribution in [1.82, 2.24) is 10.2 Å². The van der Waals surface area contributed by atoms with Crippen LogP contribution in [0.1, 0.15) is 6.92 Å². The maximum Gasteiger partial charge on any atom is 0.237 e. The third kappa shape index (κ3) is 4.96. The molecule has 0 radical (unpaired) electrons. The van der Waals surface area contributed by atoms with Crippen molar-refractivity contribution >= 4 is 45.5 Å². The van der Waals surface area contributed by atoms with E-state index in [2.05, 4.69) is 20.8 Å². The van der Waals surface area contributed by atoms with Crippen molar-refractivity contribution in [2.75, 3.05) is 17.7 Å². The Morgan fingerprint density at radius 3 is 2.46 bits per heavy atom. The highest BCUT2D eigenvalue weighted by molar-refractivity contribution is 8.02. The summed E-state index contributed by atoms with van der Waals surface area (Å²) >= 11 is 2.41. The van der Waals surface area contributed by atoms with Crippen LogP contribution < -0.4 is 15.4 Å². The summed E-state index contributed by atoms with van der Waals surface area (Å²) in [6.07, 6.45) is 0. The smallest absolute Gasteiger partial charge is 0.237 e. The molecule has 1 aromatic heterocycles. The molecule has 3 aromatic rings. The predicted molar refractivity (Wildman–Crippen MR) is 106 cm³/mol. The highest BCUT2D eigenvalue weighted by atomic mass is 32.2. The fourth-order valence-electron chi connectivity index (χ4n) is 2.15. The lowest BCUT2D eigenvalue weighted by molar-refractivity contribution is -0.115. The van der Waals surface area contributed by atoms with Gasteiger partial charge in [0.05, 0.1) is 12.4 Å². The van der Waals surface area contributed by atoms with Crippen LogP contribution in [0.15, 0.2) is 46.8 Å². The van der Waals surface area contributed by atoms with Gasteiger partial charge in [-0.1, -0.05) is 29.2 Å². The number of thioether (sulfide) groups is 1. The van der Waals surface area contributed by atoms with Crippen LogP contribution in [0.25, 0.3) is 0 Å². The maximum absolute atomic E-state index is 13.7. The zero-order valence-electron chi connectivity index (χ0n) is 14.9. The summed E-state index contributed by atoms with van der Waals surface area (Å²) in [5.74, 6) is -1.45. The number of hydrogen-bond donors (Lipinski definition) is 2. The number of anilines is 3. The molecule has 1 unspecified atom stereocenters. The summed E-state index contributed by atoms with van der Waals surface area (Å²) in [5, 5.41) is 13.4. The van der Waals surface area contributed by atoms with Crippen molar-refractivity contribution in [3.8, 4) is 5.75 Å². The molecule has 10 heteroatoms. The Kier molecular flexibility index (Phi) is 6.42. The molecule has 0 saturated heterocycles. The maximum atomic E-state index is 13.7. The molecule has 28 heavy (non-hydrogen) atoms. The van der Waals surface area contributed by atoms with E-state index in [1.807, 2.05) is 24.3 Å². The van der Waals surface area contributed by atoms with Crippen LogP contribution in [0.2, 0.25) is 0 Å². The highest BCUT2D eigenvalue weighted by Crippen LogP contribution is 2.31. The van der Waals surface area contributed by atoms with Crippen molar-refractivity contribution in [3.63, 3.8) is 0 Å². The van der Waals surface area contributed by atoms with Crippen LogP contribution in [0, 0.1) is 11.6 Å². The van der Waals surface area contributed by atoms with Gasteiger partial charge in [-0.05, 0) is 43.3 Å². The van der Waals surface area contributed by atoms with Gasteiger partial charge in [0, 0.05) is 5.69 Å². The minimum Gasteiger partial charge on any atom is -0.497 e. The molecule has 2 aromatic carbocycles. The van der Waals surface area contributed by atoms with E-state index in [1.54, 1.807) is 14.0 Å². The molecule has 0 saturated carbocycles. The van der Waals surface area contributed by atoms with E-state index in [-0.39, 0.29) is 0 Å². The molecule has 146 valence electrons. The quantitative estimate of drug-likeness (QED) is 0.538. The molecule has 3 rings (SSSR count). The summed E-state index contributed by atoms with van der Waals surface area (Å²) in [6.45, 7) is 1.62.